The first-order valence-corrected chi connectivity index (χ1v) is 4.87. The number of phenolic OH excluding ortho intramolecular Hbond substituents is 1. The summed E-state index contributed by atoms with van der Waals surface area (Å²) in [6.45, 7) is 0. The Bertz CT molecular complexity index is 397. The Labute approximate surface area is 100 Å². The summed E-state index contributed by atoms with van der Waals surface area (Å²) < 4.78 is 0. The van der Waals surface area contributed by atoms with Gasteiger partial charge in [0, 0.05) is 0 Å². The van der Waals surface area contributed by atoms with Crippen LogP contribution in [0.4, 0.5) is 0 Å². The first-order chi connectivity index (χ1) is 7.34. The largest absolute Gasteiger partial charge is 0.505 e. The lowest BCUT2D eigenvalue weighted by Crippen LogP contribution is -2.27. The van der Waals surface area contributed by atoms with Crippen LogP contribution in [0.25, 0.3) is 0 Å². The molecule has 5 nitrogen and oxygen atoms in total. The van der Waals surface area contributed by atoms with Gasteiger partial charge in [-0.05, 0) is 17.7 Å². The molecule has 0 aliphatic rings. The molecule has 7 heteroatoms. The summed E-state index contributed by atoms with van der Waals surface area (Å²) in [4.78, 5) is 10.4. The molecule has 0 aromatic heterocycles. The Hall–Kier alpha value is -1.01. The van der Waals surface area contributed by atoms with Gasteiger partial charge in [-0.25, -0.2) is 4.79 Å². The quantitative estimate of drug-likeness (QED) is 0.659. The summed E-state index contributed by atoms with van der Waals surface area (Å²) in [5.41, 5.74) is 0.00250. The van der Waals surface area contributed by atoms with E-state index in [2.05, 4.69) is 0 Å². The van der Waals surface area contributed by atoms with E-state index in [1.54, 1.807) is 0 Å². The van der Waals surface area contributed by atoms with E-state index in [1.807, 2.05) is 0 Å². The van der Waals surface area contributed by atoms with Crippen molar-refractivity contribution >= 4 is 29.2 Å². The van der Waals surface area contributed by atoms with Gasteiger partial charge in [-0.1, -0.05) is 23.2 Å². The van der Waals surface area contributed by atoms with E-state index < -0.39 is 18.2 Å². The number of hydrogen-bond donors (Lipinski definition) is 4. The number of aliphatic hydroxyl groups is 2. The molecule has 1 aromatic carbocycles. The SMILES string of the molecule is O=C(O)C(O)C(O)c1cc(Cl)c(O)c(Cl)c1. The summed E-state index contributed by atoms with van der Waals surface area (Å²) in [6.07, 6.45) is -3.66. The molecule has 0 amide bonds. The van der Waals surface area contributed by atoms with Gasteiger partial charge >= 0.3 is 5.97 Å². The van der Waals surface area contributed by atoms with E-state index >= 15 is 0 Å². The number of rotatable bonds is 3. The predicted octanol–water partition coefficient (Wildman–Crippen LogP) is 1.18. The molecule has 0 fully saturated rings. The molecule has 0 radical (unpaired) electrons. The zero-order chi connectivity index (χ0) is 12.5. The second kappa shape index (κ2) is 4.88. The Morgan fingerprint density at radius 2 is 1.62 bits per heavy atom. The van der Waals surface area contributed by atoms with Gasteiger partial charge in [-0.15, -0.1) is 0 Å². The van der Waals surface area contributed by atoms with Crippen molar-refractivity contribution in [3.63, 3.8) is 0 Å². The van der Waals surface area contributed by atoms with E-state index in [4.69, 9.17) is 33.4 Å². The number of halogens is 2. The van der Waals surface area contributed by atoms with Gasteiger partial charge in [0.15, 0.2) is 11.9 Å². The van der Waals surface area contributed by atoms with Crippen LogP contribution in [-0.2, 0) is 4.79 Å². The van der Waals surface area contributed by atoms with Crippen LogP contribution in [-0.4, -0.2) is 32.5 Å². The molecule has 0 saturated heterocycles. The van der Waals surface area contributed by atoms with E-state index in [9.17, 15) is 15.0 Å². The molecule has 0 bridgehead atoms. The molecule has 0 aliphatic heterocycles. The monoisotopic (exact) mass is 266 g/mol. The third-order valence-electron chi connectivity index (χ3n) is 1.93. The number of hydrogen-bond acceptors (Lipinski definition) is 4. The van der Waals surface area contributed by atoms with Crippen molar-refractivity contribution in [1.29, 1.82) is 0 Å². The lowest BCUT2D eigenvalue weighted by Gasteiger charge is -2.15. The molecule has 4 N–H and O–H groups in total. The van der Waals surface area contributed by atoms with Crippen molar-refractivity contribution in [3.8, 4) is 5.75 Å². The third-order valence-corrected chi connectivity index (χ3v) is 2.51. The number of carboxylic acids is 1. The highest BCUT2D eigenvalue weighted by atomic mass is 35.5. The van der Waals surface area contributed by atoms with Crippen molar-refractivity contribution < 1.29 is 25.2 Å². The van der Waals surface area contributed by atoms with E-state index in [0.717, 1.165) is 12.1 Å². The van der Waals surface area contributed by atoms with Gasteiger partial charge in [0.05, 0.1) is 10.0 Å². The van der Waals surface area contributed by atoms with E-state index in [-0.39, 0.29) is 21.4 Å². The van der Waals surface area contributed by atoms with Gasteiger partial charge < -0.3 is 20.4 Å². The Morgan fingerprint density at radius 1 is 1.19 bits per heavy atom. The molecule has 0 aliphatic carbocycles. The zero-order valence-corrected chi connectivity index (χ0v) is 9.27. The minimum atomic E-state index is -1.99. The van der Waals surface area contributed by atoms with Gasteiger partial charge in [-0.2, -0.15) is 0 Å². The maximum atomic E-state index is 10.4. The van der Waals surface area contributed by atoms with Gasteiger partial charge in [-0.3, -0.25) is 0 Å². The standard InChI is InChI=1S/C9H8Cl2O5/c10-4-1-3(2-5(11)7(4)13)6(12)8(14)9(15)16/h1-2,6,8,12-14H,(H,15,16). The molecular weight excluding hydrogens is 259 g/mol. The number of aromatic hydroxyl groups is 1. The van der Waals surface area contributed by atoms with E-state index in [0.29, 0.717) is 0 Å². The molecule has 0 spiro atoms. The van der Waals surface area contributed by atoms with Crippen LogP contribution in [0.1, 0.15) is 11.7 Å². The zero-order valence-electron chi connectivity index (χ0n) is 7.76. The predicted molar refractivity (Wildman–Crippen MR) is 56.7 cm³/mol. The first kappa shape index (κ1) is 13.1. The normalized spacial score (nSPS) is 14.5. The topological polar surface area (TPSA) is 98.0 Å². The van der Waals surface area contributed by atoms with Crippen LogP contribution in [0, 0.1) is 0 Å². The van der Waals surface area contributed by atoms with Crippen molar-refractivity contribution in [1.82, 2.24) is 0 Å². The average molecular weight is 267 g/mol. The summed E-state index contributed by atoms with van der Waals surface area (Å²) in [5.74, 6) is -1.95. The summed E-state index contributed by atoms with van der Waals surface area (Å²) in [7, 11) is 0. The Balaban J connectivity index is 3.10. The van der Waals surface area contributed by atoms with Crippen LogP contribution < -0.4 is 0 Å². The highest BCUT2D eigenvalue weighted by Gasteiger charge is 2.26. The lowest BCUT2D eigenvalue weighted by molar-refractivity contribution is -0.153. The maximum Gasteiger partial charge on any atom is 0.335 e. The molecule has 2 unspecified atom stereocenters. The van der Waals surface area contributed by atoms with Gasteiger partial charge in [0.1, 0.15) is 6.10 Å². The first-order valence-electron chi connectivity index (χ1n) is 4.11. The lowest BCUT2D eigenvalue weighted by atomic mass is 10.0. The summed E-state index contributed by atoms with van der Waals surface area (Å²) in [5, 5.41) is 36.0. The summed E-state index contributed by atoms with van der Waals surface area (Å²) >= 11 is 11.1. The molecule has 1 aromatic rings. The molecule has 0 heterocycles. The maximum absolute atomic E-state index is 10.4. The van der Waals surface area contributed by atoms with Crippen LogP contribution in [0.3, 0.4) is 0 Å². The fourth-order valence-corrected chi connectivity index (χ4v) is 1.58. The molecule has 2 atom stereocenters. The second-order valence-electron chi connectivity index (χ2n) is 3.06. The van der Waals surface area contributed by atoms with Crippen LogP contribution >= 0.6 is 23.2 Å². The number of carbonyl (C=O) groups is 1. The van der Waals surface area contributed by atoms with Gasteiger partial charge in [0.2, 0.25) is 0 Å². The molecule has 88 valence electrons. The third kappa shape index (κ3) is 2.56. The fourth-order valence-electron chi connectivity index (χ4n) is 1.07. The molecule has 16 heavy (non-hydrogen) atoms. The summed E-state index contributed by atoms with van der Waals surface area (Å²) in [6, 6.07) is 2.25. The number of phenols is 1. The minimum Gasteiger partial charge on any atom is -0.505 e. The Kier molecular flexibility index (Phi) is 3.98. The molecule has 0 saturated carbocycles. The van der Waals surface area contributed by atoms with Crippen LogP contribution in [0.2, 0.25) is 10.0 Å². The van der Waals surface area contributed by atoms with Crippen LogP contribution in [0.15, 0.2) is 12.1 Å². The fraction of sp³-hybridized carbons (Fsp3) is 0.222. The van der Waals surface area contributed by atoms with Crippen molar-refractivity contribution in [3.05, 3.63) is 27.7 Å². The minimum absolute atomic E-state index is 0.00250. The van der Waals surface area contributed by atoms with Crippen molar-refractivity contribution in [2.75, 3.05) is 0 Å². The average Bonchev–Trinajstić information content (AvgIpc) is 2.22. The van der Waals surface area contributed by atoms with Crippen LogP contribution in [0.5, 0.6) is 5.75 Å². The molecular formula is C9H8Cl2O5. The second-order valence-corrected chi connectivity index (χ2v) is 3.88. The number of aliphatic carboxylic acids is 1. The highest BCUT2D eigenvalue weighted by molar-refractivity contribution is 6.37. The van der Waals surface area contributed by atoms with Gasteiger partial charge in [0.25, 0.3) is 0 Å². The van der Waals surface area contributed by atoms with Crippen molar-refractivity contribution in [2.24, 2.45) is 0 Å². The number of benzene rings is 1. The van der Waals surface area contributed by atoms with Crippen molar-refractivity contribution in [2.45, 2.75) is 12.2 Å². The molecule has 1 rings (SSSR count). The van der Waals surface area contributed by atoms with E-state index in [1.165, 1.54) is 0 Å². The number of aliphatic hydroxyl groups excluding tert-OH is 2. The Morgan fingerprint density at radius 3 is 2.00 bits per heavy atom. The highest BCUT2D eigenvalue weighted by Crippen LogP contribution is 2.35. The smallest absolute Gasteiger partial charge is 0.335 e. The number of carboxylic acid groups (broad SMARTS) is 1.